The van der Waals surface area contributed by atoms with Gasteiger partial charge in [-0.15, -0.1) is 0 Å². The Morgan fingerprint density at radius 1 is 1.04 bits per heavy atom. The molecule has 1 atom stereocenters. The highest BCUT2D eigenvalue weighted by molar-refractivity contribution is 5.81. The summed E-state index contributed by atoms with van der Waals surface area (Å²) >= 11 is 0. The Morgan fingerprint density at radius 2 is 1.71 bits per heavy atom. The Bertz CT molecular complexity index is 680. The van der Waals surface area contributed by atoms with Gasteiger partial charge in [-0.25, -0.2) is 0 Å². The van der Waals surface area contributed by atoms with Crippen molar-refractivity contribution in [3.05, 3.63) is 59.2 Å². The number of hydrogen-bond donors (Lipinski definition) is 1. The number of ether oxygens (including phenoxy) is 2. The van der Waals surface area contributed by atoms with Crippen LogP contribution in [0.25, 0.3) is 0 Å². The molecule has 2 rings (SSSR count). The number of hydrogen-bond acceptors (Lipinski definition) is 3. The summed E-state index contributed by atoms with van der Waals surface area (Å²) in [5.41, 5.74) is 3.38. The van der Waals surface area contributed by atoms with E-state index in [1.807, 2.05) is 56.3 Å². The van der Waals surface area contributed by atoms with Crippen molar-refractivity contribution < 1.29 is 14.3 Å². The molecule has 0 aliphatic carbocycles. The Balaban J connectivity index is 1.93. The molecular weight excluding hydrogens is 302 g/mol. The van der Waals surface area contributed by atoms with E-state index in [9.17, 15) is 4.79 Å². The van der Waals surface area contributed by atoms with E-state index in [1.165, 1.54) is 5.56 Å². The number of nitrogens with one attached hydrogen (secondary N) is 1. The van der Waals surface area contributed by atoms with E-state index in [0.29, 0.717) is 13.0 Å². The maximum Gasteiger partial charge on any atom is 0.261 e. The highest BCUT2D eigenvalue weighted by Gasteiger charge is 2.18. The van der Waals surface area contributed by atoms with Crippen LogP contribution in [0.4, 0.5) is 0 Å². The van der Waals surface area contributed by atoms with Crippen LogP contribution in [-0.4, -0.2) is 19.1 Å². The fourth-order valence-electron chi connectivity index (χ4n) is 2.32. The molecule has 0 saturated carbocycles. The van der Waals surface area contributed by atoms with Crippen LogP contribution in [0.3, 0.4) is 0 Å². The normalized spacial score (nSPS) is 11.7. The molecule has 0 aromatic heterocycles. The van der Waals surface area contributed by atoms with Gasteiger partial charge in [0, 0.05) is 6.54 Å². The van der Waals surface area contributed by atoms with Crippen LogP contribution in [0.2, 0.25) is 0 Å². The maximum absolute atomic E-state index is 12.4. The average molecular weight is 327 g/mol. The third-order valence-electron chi connectivity index (χ3n) is 4.05. The molecule has 0 heterocycles. The topological polar surface area (TPSA) is 47.6 Å². The van der Waals surface area contributed by atoms with Crippen molar-refractivity contribution in [3.63, 3.8) is 0 Å². The minimum Gasteiger partial charge on any atom is -0.497 e. The predicted molar refractivity (Wildman–Crippen MR) is 95.5 cm³/mol. The molecule has 0 spiro atoms. The summed E-state index contributed by atoms with van der Waals surface area (Å²) in [5.74, 6) is 1.42. The van der Waals surface area contributed by atoms with E-state index in [2.05, 4.69) is 12.2 Å². The van der Waals surface area contributed by atoms with Crippen molar-refractivity contribution in [2.75, 3.05) is 7.11 Å². The summed E-state index contributed by atoms with van der Waals surface area (Å²) in [5, 5.41) is 2.93. The van der Waals surface area contributed by atoms with E-state index >= 15 is 0 Å². The lowest BCUT2D eigenvalue weighted by Crippen LogP contribution is -2.37. The van der Waals surface area contributed by atoms with E-state index in [0.717, 1.165) is 22.6 Å². The SMILES string of the molecule is CC[C@@H](Oc1ccc(C)c(C)c1)C(=O)NCc1ccc(OC)cc1. The minimum absolute atomic E-state index is 0.105. The number of amides is 1. The van der Waals surface area contributed by atoms with E-state index in [-0.39, 0.29) is 5.91 Å². The van der Waals surface area contributed by atoms with Crippen LogP contribution < -0.4 is 14.8 Å². The first-order chi connectivity index (χ1) is 11.5. The molecule has 0 radical (unpaired) electrons. The summed E-state index contributed by atoms with van der Waals surface area (Å²) in [6, 6.07) is 13.5. The number of carbonyl (C=O) groups excluding carboxylic acids is 1. The summed E-state index contributed by atoms with van der Waals surface area (Å²) in [7, 11) is 1.63. The third-order valence-corrected chi connectivity index (χ3v) is 4.05. The van der Waals surface area contributed by atoms with Crippen LogP contribution in [0, 0.1) is 13.8 Å². The Hall–Kier alpha value is -2.49. The van der Waals surface area contributed by atoms with Gasteiger partial charge in [0.1, 0.15) is 11.5 Å². The number of rotatable bonds is 7. The molecule has 4 heteroatoms. The van der Waals surface area contributed by atoms with Gasteiger partial charge in [0.2, 0.25) is 0 Å². The second-order valence-electron chi connectivity index (χ2n) is 5.83. The lowest BCUT2D eigenvalue weighted by molar-refractivity contribution is -0.128. The van der Waals surface area contributed by atoms with Gasteiger partial charge in [-0.3, -0.25) is 4.79 Å². The predicted octanol–water partition coefficient (Wildman–Crippen LogP) is 3.79. The summed E-state index contributed by atoms with van der Waals surface area (Å²) < 4.78 is 11.0. The Kier molecular flexibility index (Phi) is 6.24. The van der Waals surface area contributed by atoms with Gasteiger partial charge < -0.3 is 14.8 Å². The van der Waals surface area contributed by atoms with Crippen molar-refractivity contribution >= 4 is 5.91 Å². The lowest BCUT2D eigenvalue weighted by Gasteiger charge is -2.18. The molecule has 0 bridgehead atoms. The molecular formula is C20H25NO3. The number of methoxy groups -OCH3 is 1. The molecule has 4 nitrogen and oxygen atoms in total. The van der Waals surface area contributed by atoms with Crippen LogP contribution in [0.15, 0.2) is 42.5 Å². The van der Waals surface area contributed by atoms with E-state index in [1.54, 1.807) is 7.11 Å². The van der Waals surface area contributed by atoms with Crippen LogP contribution in [0.5, 0.6) is 11.5 Å². The molecule has 0 saturated heterocycles. The van der Waals surface area contributed by atoms with Crippen LogP contribution >= 0.6 is 0 Å². The molecule has 0 aliphatic rings. The molecule has 0 unspecified atom stereocenters. The van der Waals surface area contributed by atoms with Crippen molar-refractivity contribution in [2.24, 2.45) is 0 Å². The number of benzene rings is 2. The number of aryl methyl sites for hydroxylation is 2. The van der Waals surface area contributed by atoms with Crippen molar-refractivity contribution in [1.29, 1.82) is 0 Å². The van der Waals surface area contributed by atoms with Gasteiger partial charge in [0.15, 0.2) is 6.10 Å². The molecule has 1 amide bonds. The van der Waals surface area contributed by atoms with Crippen molar-refractivity contribution in [2.45, 2.75) is 39.8 Å². The molecule has 2 aromatic rings. The van der Waals surface area contributed by atoms with Gasteiger partial charge in [-0.1, -0.05) is 25.1 Å². The zero-order valence-electron chi connectivity index (χ0n) is 14.8. The molecule has 0 fully saturated rings. The van der Waals surface area contributed by atoms with E-state index in [4.69, 9.17) is 9.47 Å². The molecule has 2 aromatic carbocycles. The van der Waals surface area contributed by atoms with Gasteiger partial charge in [0.25, 0.3) is 5.91 Å². The zero-order chi connectivity index (χ0) is 17.5. The highest BCUT2D eigenvalue weighted by Crippen LogP contribution is 2.18. The first-order valence-corrected chi connectivity index (χ1v) is 8.18. The second kappa shape index (κ2) is 8.39. The lowest BCUT2D eigenvalue weighted by atomic mass is 10.1. The smallest absolute Gasteiger partial charge is 0.261 e. The minimum atomic E-state index is -0.495. The van der Waals surface area contributed by atoms with Gasteiger partial charge in [-0.05, 0) is 61.2 Å². The van der Waals surface area contributed by atoms with Gasteiger partial charge in [0.05, 0.1) is 7.11 Å². The largest absolute Gasteiger partial charge is 0.497 e. The quantitative estimate of drug-likeness (QED) is 0.842. The summed E-state index contributed by atoms with van der Waals surface area (Å²) in [4.78, 5) is 12.4. The fraction of sp³-hybridized carbons (Fsp3) is 0.350. The van der Waals surface area contributed by atoms with E-state index < -0.39 is 6.10 Å². The number of carbonyl (C=O) groups is 1. The average Bonchev–Trinajstić information content (AvgIpc) is 2.61. The standard InChI is InChI=1S/C20H25NO3/c1-5-19(24-18-9-6-14(2)15(3)12-18)20(22)21-13-16-7-10-17(23-4)11-8-16/h6-12,19H,5,13H2,1-4H3,(H,21,22)/t19-/m1/s1. The van der Waals surface area contributed by atoms with Crippen molar-refractivity contribution in [1.82, 2.24) is 5.32 Å². The molecule has 1 N–H and O–H groups in total. The van der Waals surface area contributed by atoms with Gasteiger partial charge in [-0.2, -0.15) is 0 Å². The zero-order valence-corrected chi connectivity index (χ0v) is 14.8. The fourth-order valence-corrected chi connectivity index (χ4v) is 2.32. The first kappa shape index (κ1) is 17.9. The highest BCUT2D eigenvalue weighted by atomic mass is 16.5. The molecule has 24 heavy (non-hydrogen) atoms. The summed E-state index contributed by atoms with van der Waals surface area (Å²) in [6.45, 7) is 6.50. The monoisotopic (exact) mass is 327 g/mol. The summed E-state index contributed by atoms with van der Waals surface area (Å²) in [6.07, 6.45) is 0.117. The second-order valence-corrected chi connectivity index (χ2v) is 5.83. The Morgan fingerprint density at radius 3 is 2.29 bits per heavy atom. The molecule has 128 valence electrons. The Labute approximate surface area is 143 Å². The molecule has 0 aliphatic heterocycles. The van der Waals surface area contributed by atoms with Crippen LogP contribution in [-0.2, 0) is 11.3 Å². The van der Waals surface area contributed by atoms with Gasteiger partial charge >= 0.3 is 0 Å². The third kappa shape index (κ3) is 4.75. The maximum atomic E-state index is 12.4. The first-order valence-electron chi connectivity index (χ1n) is 8.18. The van der Waals surface area contributed by atoms with Crippen LogP contribution in [0.1, 0.15) is 30.0 Å². The van der Waals surface area contributed by atoms with Crippen molar-refractivity contribution in [3.8, 4) is 11.5 Å².